The van der Waals surface area contributed by atoms with Gasteiger partial charge in [-0.3, -0.25) is 9.59 Å². The van der Waals surface area contributed by atoms with E-state index in [0.717, 1.165) is 30.4 Å². The minimum absolute atomic E-state index is 0.252. The number of rotatable bonds is 12. The summed E-state index contributed by atoms with van der Waals surface area (Å²) in [5.41, 5.74) is 1.78. The molecule has 0 saturated carbocycles. The SMILES string of the molecule is CCCCCNC(=O)C(c1cccc(C)c1C)N(CC#N)C(=O)C(NC(=O)OC(C)(C)C)C(C)CC. The zero-order valence-corrected chi connectivity index (χ0v) is 23.2. The zero-order chi connectivity index (χ0) is 27.5. The van der Waals surface area contributed by atoms with Crippen LogP contribution in [-0.4, -0.2) is 47.5 Å². The number of aryl methyl sites for hydroxylation is 1. The summed E-state index contributed by atoms with van der Waals surface area (Å²) in [5.74, 6) is -1.09. The van der Waals surface area contributed by atoms with E-state index in [4.69, 9.17) is 4.74 Å². The van der Waals surface area contributed by atoms with Crippen molar-refractivity contribution in [1.29, 1.82) is 5.26 Å². The van der Waals surface area contributed by atoms with Crippen molar-refractivity contribution in [3.05, 3.63) is 34.9 Å². The quantitative estimate of drug-likeness (QED) is 0.312. The van der Waals surface area contributed by atoms with Crippen molar-refractivity contribution in [2.24, 2.45) is 5.92 Å². The highest BCUT2D eigenvalue weighted by atomic mass is 16.6. The fraction of sp³-hybridized carbons (Fsp3) is 0.643. The molecule has 0 spiro atoms. The van der Waals surface area contributed by atoms with Crippen molar-refractivity contribution < 1.29 is 19.1 Å². The molecule has 0 bridgehead atoms. The van der Waals surface area contributed by atoms with Gasteiger partial charge in [0.2, 0.25) is 11.8 Å². The fourth-order valence-corrected chi connectivity index (χ4v) is 3.87. The van der Waals surface area contributed by atoms with E-state index < -0.39 is 29.7 Å². The third-order valence-electron chi connectivity index (χ3n) is 6.26. The Morgan fingerprint density at radius 1 is 1.14 bits per heavy atom. The molecule has 1 aromatic rings. The number of benzene rings is 1. The van der Waals surface area contributed by atoms with E-state index in [1.165, 1.54) is 4.90 Å². The topological polar surface area (TPSA) is 112 Å². The molecular formula is C28H44N4O4. The molecule has 3 amide bonds. The molecule has 3 atom stereocenters. The molecule has 200 valence electrons. The first-order valence-corrected chi connectivity index (χ1v) is 12.9. The van der Waals surface area contributed by atoms with Gasteiger partial charge in [0.15, 0.2) is 0 Å². The Morgan fingerprint density at radius 3 is 2.36 bits per heavy atom. The van der Waals surface area contributed by atoms with Crippen molar-refractivity contribution in [3.8, 4) is 6.07 Å². The lowest BCUT2D eigenvalue weighted by Crippen LogP contribution is -2.55. The van der Waals surface area contributed by atoms with Crippen LogP contribution in [0.2, 0.25) is 0 Å². The van der Waals surface area contributed by atoms with Gasteiger partial charge in [0, 0.05) is 6.54 Å². The van der Waals surface area contributed by atoms with Crippen molar-refractivity contribution >= 4 is 17.9 Å². The third-order valence-corrected chi connectivity index (χ3v) is 6.26. The van der Waals surface area contributed by atoms with Crippen molar-refractivity contribution in [2.45, 2.75) is 98.8 Å². The summed E-state index contributed by atoms with van der Waals surface area (Å²) < 4.78 is 5.39. The highest BCUT2D eigenvalue weighted by molar-refractivity contribution is 5.92. The molecule has 0 aliphatic heterocycles. The summed E-state index contributed by atoms with van der Waals surface area (Å²) >= 11 is 0. The summed E-state index contributed by atoms with van der Waals surface area (Å²) in [6.45, 7) is 15.1. The van der Waals surface area contributed by atoms with Gasteiger partial charge in [0.1, 0.15) is 24.2 Å². The Hall–Kier alpha value is -3.08. The molecule has 2 N–H and O–H groups in total. The van der Waals surface area contributed by atoms with Crippen LogP contribution >= 0.6 is 0 Å². The minimum Gasteiger partial charge on any atom is -0.444 e. The number of unbranched alkanes of at least 4 members (excludes halogenated alkanes) is 2. The molecule has 0 fully saturated rings. The molecule has 0 saturated heterocycles. The largest absolute Gasteiger partial charge is 0.444 e. The van der Waals surface area contributed by atoms with Crippen LogP contribution in [0.4, 0.5) is 4.79 Å². The Bertz CT molecular complexity index is 932. The lowest BCUT2D eigenvalue weighted by atomic mass is 9.93. The minimum atomic E-state index is -1.01. The molecule has 8 heteroatoms. The van der Waals surface area contributed by atoms with E-state index in [0.29, 0.717) is 18.5 Å². The monoisotopic (exact) mass is 500 g/mol. The molecule has 8 nitrogen and oxygen atoms in total. The van der Waals surface area contributed by atoms with Crippen LogP contribution in [0.15, 0.2) is 18.2 Å². The van der Waals surface area contributed by atoms with E-state index >= 15 is 0 Å². The smallest absolute Gasteiger partial charge is 0.408 e. The molecule has 0 aliphatic rings. The van der Waals surface area contributed by atoms with E-state index in [1.807, 2.05) is 52.0 Å². The molecule has 1 rings (SSSR count). The predicted molar refractivity (Wildman–Crippen MR) is 141 cm³/mol. The highest BCUT2D eigenvalue weighted by Gasteiger charge is 2.38. The molecule has 0 radical (unpaired) electrons. The number of amides is 3. The maximum Gasteiger partial charge on any atom is 0.408 e. The van der Waals surface area contributed by atoms with Gasteiger partial charge >= 0.3 is 6.09 Å². The summed E-state index contributed by atoms with van der Waals surface area (Å²) in [4.78, 5) is 41.4. The molecule has 3 unspecified atom stereocenters. The first-order valence-electron chi connectivity index (χ1n) is 12.9. The van der Waals surface area contributed by atoms with Gasteiger partial charge in [-0.25, -0.2) is 4.79 Å². The Morgan fingerprint density at radius 2 is 1.81 bits per heavy atom. The van der Waals surface area contributed by atoms with Crippen molar-refractivity contribution in [2.75, 3.05) is 13.1 Å². The van der Waals surface area contributed by atoms with Crippen LogP contribution in [-0.2, 0) is 14.3 Å². The normalized spacial score (nSPS) is 13.6. The number of carbonyl (C=O) groups is 3. The summed E-state index contributed by atoms with van der Waals surface area (Å²) in [7, 11) is 0. The van der Waals surface area contributed by atoms with Crippen LogP contribution < -0.4 is 10.6 Å². The number of nitrogens with one attached hydrogen (secondary N) is 2. The molecule has 36 heavy (non-hydrogen) atoms. The molecule has 0 aromatic heterocycles. The summed E-state index contributed by atoms with van der Waals surface area (Å²) in [6.07, 6.45) is 2.70. The standard InChI is InChI=1S/C28H44N4O4/c1-9-11-12-17-30-25(33)24(22-15-13-14-20(4)21(22)5)32(18-16-29)26(34)23(19(3)10-2)31-27(35)36-28(6,7)8/h13-15,19,23-24H,9-12,17-18H2,1-8H3,(H,30,33)(H,31,35). The maximum absolute atomic E-state index is 14.0. The Balaban J connectivity index is 3.48. The Kier molecular flexibility index (Phi) is 12.4. The Labute approximate surface area is 216 Å². The average molecular weight is 501 g/mol. The molecule has 1 aromatic carbocycles. The number of ether oxygens (including phenoxy) is 1. The van der Waals surface area contributed by atoms with Gasteiger partial charge in [-0.15, -0.1) is 0 Å². The van der Waals surface area contributed by atoms with Crippen LogP contribution in [0, 0.1) is 31.1 Å². The third kappa shape index (κ3) is 9.18. The van der Waals surface area contributed by atoms with Gasteiger partial charge in [-0.2, -0.15) is 5.26 Å². The van der Waals surface area contributed by atoms with E-state index in [1.54, 1.807) is 20.8 Å². The second kappa shape index (κ2) is 14.5. The first-order chi connectivity index (χ1) is 16.9. The zero-order valence-electron chi connectivity index (χ0n) is 23.2. The molecular weight excluding hydrogens is 456 g/mol. The van der Waals surface area contributed by atoms with Gasteiger partial charge in [-0.1, -0.05) is 58.2 Å². The number of carbonyl (C=O) groups excluding carboxylic acids is 3. The van der Waals surface area contributed by atoms with Gasteiger partial charge < -0.3 is 20.3 Å². The maximum atomic E-state index is 14.0. The van der Waals surface area contributed by atoms with Crippen LogP contribution in [0.3, 0.4) is 0 Å². The van der Waals surface area contributed by atoms with E-state index in [-0.39, 0.29) is 18.4 Å². The van der Waals surface area contributed by atoms with Crippen LogP contribution in [0.25, 0.3) is 0 Å². The second-order valence-corrected chi connectivity index (χ2v) is 10.3. The second-order valence-electron chi connectivity index (χ2n) is 10.3. The predicted octanol–water partition coefficient (Wildman–Crippen LogP) is 4.94. The van der Waals surface area contributed by atoms with Crippen LogP contribution in [0.1, 0.15) is 90.0 Å². The van der Waals surface area contributed by atoms with Crippen molar-refractivity contribution in [1.82, 2.24) is 15.5 Å². The summed E-state index contributed by atoms with van der Waals surface area (Å²) in [6, 6.07) is 5.68. The number of hydrogen-bond donors (Lipinski definition) is 2. The summed E-state index contributed by atoms with van der Waals surface area (Å²) in [5, 5.41) is 15.3. The first kappa shape index (κ1) is 31.0. The molecule has 0 aliphatic carbocycles. The van der Waals surface area contributed by atoms with E-state index in [9.17, 15) is 19.6 Å². The number of alkyl carbamates (subject to hydrolysis) is 1. The van der Waals surface area contributed by atoms with Crippen molar-refractivity contribution in [3.63, 3.8) is 0 Å². The van der Waals surface area contributed by atoms with E-state index in [2.05, 4.69) is 17.6 Å². The highest BCUT2D eigenvalue weighted by Crippen LogP contribution is 2.28. The number of nitrogens with zero attached hydrogens (tertiary/aromatic N) is 2. The fourth-order valence-electron chi connectivity index (χ4n) is 3.87. The lowest BCUT2D eigenvalue weighted by Gasteiger charge is -2.35. The average Bonchev–Trinajstić information content (AvgIpc) is 2.80. The van der Waals surface area contributed by atoms with Gasteiger partial charge in [0.05, 0.1) is 6.07 Å². The number of nitriles is 1. The van der Waals surface area contributed by atoms with Gasteiger partial charge in [0.25, 0.3) is 0 Å². The van der Waals surface area contributed by atoms with Gasteiger partial charge in [-0.05, 0) is 63.6 Å². The van der Waals surface area contributed by atoms with Crippen LogP contribution in [0.5, 0.6) is 0 Å². The number of hydrogen-bond acceptors (Lipinski definition) is 5. The molecule has 0 heterocycles. The lowest BCUT2D eigenvalue weighted by molar-refractivity contribution is -0.142.